The number of amides is 1. The van der Waals surface area contributed by atoms with E-state index in [9.17, 15) is 4.79 Å². The Balaban J connectivity index is 2.38. The van der Waals surface area contributed by atoms with Crippen LogP contribution < -0.4 is 5.32 Å². The molecule has 0 saturated carbocycles. The second kappa shape index (κ2) is 7.91. The van der Waals surface area contributed by atoms with Crippen molar-refractivity contribution in [1.82, 2.24) is 4.90 Å². The predicted octanol–water partition coefficient (Wildman–Crippen LogP) is 5.24. The first-order valence-electron chi connectivity index (χ1n) is 7.87. The summed E-state index contributed by atoms with van der Waals surface area (Å²) in [4.78, 5) is 13.7. The maximum Gasteiger partial charge on any atom is 0.226 e. The van der Waals surface area contributed by atoms with Crippen molar-refractivity contribution in [3.05, 3.63) is 57.1 Å². The summed E-state index contributed by atoms with van der Waals surface area (Å²) in [5, 5.41) is 4.64. The third-order valence-corrected chi connectivity index (χ3v) is 4.70. The Hall–Kier alpha value is -1.71. The van der Waals surface area contributed by atoms with Gasteiger partial charge in [-0.3, -0.25) is 4.79 Å². The van der Waals surface area contributed by atoms with E-state index in [0.717, 1.165) is 34.5 Å². The van der Waals surface area contributed by atoms with Gasteiger partial charge in [-0.25, -0.2) is 0 Å². The normalized spacial score (nSPS) is 10.6. The minimum atomic E-state index is 0.0556. The van der Waals surface area contributed by atoms with Gasteiger partial charge in [0.25, 0.3) is 0 Å². The molecule has 2 aromatic rings. The molecule has 0 saturated heterocycles. The summed E-state index contributed by atoms with van der Waals surface area (Å²) in [6, 6.07) is 9.71. The molecule has 1 amide bonds. The summed E-state index contributed by atoms with van der Waals surface area (Å²) in [5.74, 6) is 0.0556. The van der Waals surface area contributed by atoms with E-state index >= 15 is 0 Å². The number of benzene rings is 2. The van der Waals surface area contributed by atoms with Gasteiger partial charge in [0.1, 0.15) is 0 Å². The van der Waals surface area contributed by atoms with E-state index in [0.29, 0.717) is 16.5 Å². The van der Waals surface area contributed by atoms with Gasteiger partial charge in [0.15, 0.2) is 0 Å². The average molecular weight is 365 g/mol. The molecule has 0 bridgehead atoms. The van der Waals surface area contributed by atoms with Gasteiger partial charge < -0.3 is 10.2 Å². The number of likely N-dealkylation sites (N-methyl/N-ethyl adjacent to an activating group) is 1. The van der Waals surface area contributed by atoms with E-state index in [1.807, 2.05) is 44.2 Å². The summed E-state index contributed by atoms with van der Waals surface area (Å²) in [6.07, 6.45) is 1.09. The molecule has 128 valence electrons. The van der Waals surface area contributed by atoms with E-state index in [2.05, 4.69) is 5.32 Å². The quantitative estimate of drug-likeness (QED) is 0.786. The van der Waals surface area contributed by atoms with Gasteiger partial charge in [-0.15, -0.1) is 0 Å². The van der Waals surface area contributed by atoms with Crippen LogP contribution in [0.3, 0.4) is 0 Å². The lowest BCUT2D eigenvalue weighted by Gasteiger charge is -2.17. The van der Waals surface area contributed by atoms with Crippen LogP contribution in [0, 0.1) is 6.92 Å². The molecule has 0 aliphatic heterocycles. The minimum absolute atomic E-state index is 0.0556. The topological polar surface area (TPSA) is 32.3 Å². The molecule has 24 heavy (non-hydrogen) atoms. The lowest BCUT2D eigenvalue weighted by molar-refractivity contribution is -0.127. The number of carbonyl (C=O) groups is 1. The van der Waals surface area contributed by atoms with Crippen LogP contribution in [0.1, 0.15) is 23.6 Å². The van der Waals surface area contributed by atoms with Crippen LogP contribution in [0.25, 0.3) is 0 Å². The fourth-order valence-corrected chi connectivity index (χ4v) is 3.16. The van der Waals surface area contributed by atoms with Crippen molar-refractivity contribution < 1.29 is 4.79 Å². The van der Waals surface area contributed by atoms with E-state index in [-0.39, 0.29) is 5.91 Å². The first kappa shape index (κ1) is 18.6. The third-order valence-electron chi connectivity index (χ3n) is 3.91. The molecule has 0 fully saturated rings. The van der Waals surface area contributed by atoms with E-state index in [1.165, 1.54) is 0 Å². The maximum atomic E-state index is 12.1. The summed E-state index contributed by atoms with van der Waals surface area (Å²) >= 11 is 12.7. The zero-order chi connectivity index (χ0) is 17.9. The maximum absolute atomic E-state index is 12.1. The predicted molar refractivity (Wildman–Crippen MR) is 103 cm³/mol. The van der Waals surface area contributed by atoms with Gasteiger partial charge in [-0.05, 0) is 42.7 Å². The lowest BCUT2D eigenvalue weighted by atomic mass is 10.0. The smallest absolute Gasteiger partial charge is 0.226 e. The second-order valence-electron chi connectivity index (χ2n) is 5.99. The standard InChI is InChI=1S/C19H22Cl2N2O/c1-5-14-15(20)7-9-17(19(14)21)22-16-8-6-12(2)10-13(16)11-18(24)23(3)4/h6-10,22H,5,11H2,1-4H3. The van der Waals surface area contributed by atoms with Crippen LogP contribution in [0.2, 0.25) is 10.0 Å². The lowest BCUT2D eigenvalue weighted by Crippen LogP contribution is -2.23. The molecule has 2 aromatic carbocycles. The Morgan fingerprint density at radius 1 is 1.12 bits per heavy atom. The number of anilines is 2. The van der Waals surface area contributed by atoms with E-state index < -0.39 is 0 Å². The molecule has 0 aliphatic carbocycles. The number of nitrogens with zero attached hydrogens (tertiary/aromatic N) is 1. The summed E-state index contributed by atoms with van der Waals surface area (Å²) in [5.41, 5.74) is 4.64. The van der Waals surface area contributed by atoms with Crippen LogP contribution in [0.4, 0.5) is 11.4 Å². The van der Waals surface area contributed by atoms with Gasteiger partial charge >= 0.3 is 0 Å². The molecule has 0 heterocycles. The van der Waals surface area contributed by atoms with Crippen molar-refractivity contribution in [2.75, 3.05) is 19.4 Å². The largest absolute Gasteiger partial charge is 0.354 e. The van der Waals surface area contributed by atoms with E-state index in [1.54, 1.807) is 19.0 Å². The van der Waals surface area contributed by atoms with Crippen LogP contribution >= 0.6 is 23.2 Å². The van der Waals surface area contributed by atoms with Gasteiger partial charge in [-0.1, -0.05) is 47.8 Å². The molecule has 0 aromatic heterocycles. The van der Waals surface area contributed by atoms with Gasteiger partial charge in [0.05, 0.1) is 17.1 Å². The number of rotatable bonds is 5. The highest BCUT2D eigenvalue weighted by Gasteiger charge is 2.13. The molecule has 0 unspecified atom stereocenters. The number of halogens is 2. The van der Waals surface area contributed by atoms with Crippen LogP contribution in [0.15, 0.2) is 30.3 Å². The highest BCUT2D eigenvalue weighted by atomic mass is 35.5. The first-order valence-corrected chi connectivity index (χ1v) is 8.62. The number of aryl methyl sites for hydroxylation is 1. The van der Waals surface area contributed by atoms with Gasteiger partial charge in [0.2, 0.25) is 5.91 Å². The highest BCUT2D eigenvalue weighted by Crippen LogP contribution is 2.34. The molecule has 0 radical (unpaired) electrons. The van der Waals surface area contributed by atoms with Crippen molar-refractivity contribution in [3.8, 4) is 0 Å². The fraction of sp³-hybridized carbons (Fsp3) is 0.316. The highest BCUT2D eigenvalue weighted by molar-refractivity contribution is 6.37. The SMILES string of the molecule is CCc1c(Cl)ccc(Nc2ccc(C)cc2CC(=O)N(C)C)c1Cl. The molecule has 0 aliphatic rings. The Morgan fingerprint density at radius 3 is 2.42 bits per heavy atom. The summed E-state index contributed by atoms with van der Waals surface area (Å²) in [6.45, 7) is 4.03. The molecule has 1 N–H and O–H groups in total. The van der Waals surface area contributed by atoms with Crippen molar-refractivity contribution in [1.29, 1.82) is 0 Å². The van der Waals surface area contributed by atoms with Gasteiger partial charge in [0, 0.05) is 24.8 Å². The summed E-state index contributed by atoms with van der Waals surface area (Å²) < 4.78 is 0. The molecule has 0 atom stereocenters. The third kappa shape index (κ3) is 4.22. The average Bonchev–Trinajstić information content (AvgIpc) is 2.52. The van der Waals surface area contributed by atoms with Gasteiger partial charge in [-0.2, -0.15) is 0 Å². The van der Waals surface area contributed by atoms with Crippen LogP contribution in [-0.2, 0) is 17.6 Å². The monoisotopic (exact) mass is 364 g/mol. The second-order valence-corrected chi connectivity index (χ2v) is 6.78. The Kier molecular flexibility index (Phi) is 6.14. The fourth-order valence-electron chi connectivity index (χ4n) is 2.48. The molecular formula is C19H22Cl2N2O. The van der Waals surface area contributed by atoms with Crippen LogP contribution in [0.5, 0.6) is 0 Å². The molecule has 3 nitrogen and oxygen atoms in total. The molecule has 2 rings (SSSR count). The number of hydrogen-bond donors (Lipinski definition) is 1. The van der Waals surface area contributed by atoms with Crippen molar-refractivity contribution in [2.45, 2.75) is 26.7 Å². The minimum Gasteiger partial charge on any atom is -0.354 e. The number of carbonyl (C=O) groups excluding carboxylic acids is 1. The number of hydrogen-bond acceptors (Lipinski definition) is 2. The van der Waals surface area contributed by atoms with Crippen molar-refractivity contribution in [3.63, 3.8) is 0 Å². The first-order chi connectivity index (χ1) is 11.3. The zero-order valence-electron chi connectivity index (χ0n) is 14.4. The zero-order valence-corrected chi connectivity index (χ0v) is 15.9. The van der Waals surface area contributed by atoms with E-state index in [4.69, 9.17) is 23.2 Å². The Bertz CT molecular complexity index is 757. The molecular weight excluding hydrogens is 343 g/mol. The molecule has 5 heteroatoms. The summed E-state index contributed by atoms with van der Waals surface area (Å²) in [7, 11) is 3.52. The van der Waals surface area contributed by atoms with Crippen molar-refractivity contribution >= 4 is 40.5 Å². The van der Waals surface area contributed by atoms with Crippen molar-refractivity contribution in [2.24, 2.45) is 0 Å². The number of nitrogens with one attached hydrogen (secondary N) is 1. The van der Waals surface area contributed by atoms with Crippen LogP contribution in [-0.4, -0.2) is 24.9 Å². The molecule has 0 spiro atoms. The Morgan fingerprint density at radius 2 is 1.79 bits per heavy atom. The Labute approximate surface area is 153 Å².